The fourth-order valence-corrected chi connectivity index (χ4v) is 3.36. The van der Waals surface area contributed by atoms with Crippen LogP contribution in [0.4, 0.5) is 5.69 Å². The summed E-state index contributed by atoms with van der Waals surface area (Å²) in [6.45, 7) is 0. The van der Waals surface area contributed by atoms with Crippen molar-refractivity contribution >= 4 is 45.2 Å². The maximum atomic E-state index is 12.3. The Morgan fingerprint density at radius 3 is 2.32 bits per heavy atom. The van der Waals surface area contributed by atoms with E-state index in [4.69, 9.17) is 27.9 Å². The average Bonchev–Trinajstić information content (AvgIpc) is 2.46. The van der Waals surface area contributed by atoms with Gasteiger partial charge in [-0.2, -0.15) is 0 Å². The summed E-state index contributed by atoms with van der Waals surface area (Å²) in [5.41, 5.74) is 0.0338. The highest BCUT2D eigenvalue weighted by Crippen LogP contribution is 2.29. The van der Waals surface area contributed by atoms with Crippen LogP contribution in [0.3, 0.4) is 0 Å². The van der Waals surface area contributed by atoms with Gasteiger partial charge in [0.1, 0.15) is 5.75 Å². The molecule has 8 heteroatoms. The summed E-state index contributed by atoms with van der Waals surface area (Å²) in [5.74, 6) is 0.526. The second-order valence-electron chi connectivity index (χ2n) is 4.25. The second-order valence-corrected chi connectivity index (χ2v) is 6.77. The summed E-state index contributed by atoms with van der Waals surface area (Å²) < 4.78 is 32.0. The van der Waals surface area contributed by atoms with Crippen LogP contribution in [0.15, 0.2) is 41.3 Å². The molecule has 0 bridgehead atoms. The van der Waals surface area contributed by atoms with Gasteiger partial charge >= 0.3 is 0 Å². The molecule has 0 saturated heterocycles. The number of benzene rings is 2. The van der Waals surface area contributed by atoms with Gasteiger partial charge in [-0.25, -0.2) is 8.42 Å². The van der Waals surface area contributed by atoms with Gasteiger partial charge in [-0.1, -0.05) is 23.2 Å². The standard InChI is InChI=1S/C14H11Cl2NO4S/c1-21-10-2-4-11(5-3-10)22(19,20)17-14-7-9(15)6-13(16)12(14)8-18/h2-8,17H,1H3. The molecule has 0 spiro atoms. The predicted octanol–water partition coefficient (Wildman–Crippen LogP) is 3.62. The molecule has 22 heavy (non-hydrogen) atoms. The molecule has 0 fully saturated rings. The van der Waals surface area contributed by atoms with E-state index in [-0.39, 0.29) is 26.2 Å². The van der Waals surface area contributed by atoms with Crippen LogP contribution in [0.5, 0.6) is 5.75 Å². The Bertz CT molecular complexity index is 804. The molecule has 0 heterocycles. The zero-order valence-corrected chi connectivity index (χ0v) is 13.7. The Morgan fingerprint density at radius 1 is 1.14 bits per heavy atom. The molecule has 0 radical (unpaired) electrons. The Kier molecular flexibility index (Phi) is 4.95. The number of halogens is 2. The van der Waals surface area contributed by atoms with Crippen molar-refractivity contribution in [1.82, 2.24) is 0 Å². The number of hydrogen-bond acceptors (Lipinski definition) is 4. The minimum Gasteiger partial charge on any atom is -0.497 e. The van der Waals surface area contributed by atoms with E-state index in [1.807, 2.05) is 0 Å². The third-order valence-corrected chi connectivity index (χ3v) is 4.74. The summed E-state index contributed by atoms with van der Waals surface area (Å²) in [6, 6.07) is 8.47. The fourth-order valence-electron chi connectivity index (χ4n) is 1.75. The molecule has 116 valence electrons. The molecule has 0 aliphatic heterocycles. The maximum Gasteiger partial charge on any atom is 0.261 e. The Hall–Kier alpha value is -1.76. The quantitative estimate of drug-likeness (QED) is 0.827. The first-order chi connectivity index (χ1) is 10.4. The van der Waals surface area contributed by atoms with Crippen molar-refractivity contribution in [3.05, 3.63) is 52.0 Å². The first kappa shape index (κ1) is 16.6. The summed E-state index contributed by atoms with van der Waals surface area (Å²) in [6.07, 6.45) is 0.463. The number of aldehydes is 1. The Labute approximate surface area is 137 Å². The largest absolute Gasteiger partial charge is 0.497 e. The van der Waals surface area contributed by atoms with E-state index < -0.39 is 10.0 Å². The first-order valence-corrected chi connectivity index (χ1v) is 8.22. The summed E-state index contributed by atoms with van der Waals surface area (Å²) in [4.78, 5) is 11.1. The molecule has 0 unspecified atom stereocenters. The van der Waals surface area contributed by atoms with Crippen molar-refractivity contribution in [1.29, 1.82) is 0 Å². The summed E-state index contributed by atoms with van der Waals surface area (Å²) in [7, 11) is -2.41. The lowest BCUT2D eigenvalue weighted by Crippen LogP contribution is -2.14. The molecule has 5 nitrogen and oxygen atoms in total. The van der Waals surface area contributed by atoms with E-state index in [1.165, 1.54) is 43.5 Å². The molecular weight excluding hydrogens is 349 g/mol. The molecule has 0 aromatic heterocycles. The molecule has 2 rings (SSSR count). The van der Waals surface area contributed by atoms with E-state index in [2.05, 4.69) is 4.72 Å². The predicted molar refractivity (Wildman–Crippen MR) is 85.7 cm³/mol. The molecule has 0 atom stereocenters. The molecule has 1 N–H and O–H groups in total. The molecular formula is C14H11Cl2NO4S. The second kappa shape index (κ2) is 6.56. The lowest BCUT2D eigenvalue weighted by Gasteiger charge is -2.12. The molecule has 0 amide bonds. The summed E-state index contributed by atoms with van der Waals surface area (Å²) in [5, 5.41) is 0.276. The number of sulfonamides is 1. The fraction of sp³-hybridized carbons (Fsp3) is 0.0714. The van der Waals surface area contributed by atoms with Crippen LogP contribution in [-0.2, 0) is 10.0 Å². The topological polar surface area (TPSA) is 72.5 Å². The number of ether oxygens (including phenoxy) is 1. The van der Waals surface area contributed by atoms with E-state index in [9.17, 15) is 13.2 Å². The monoisotopic (exact) mass is 359 g/mol. The SMILES string of the molecule is COc1ccc(S(=O)(=O)Nc2cc(Cl)cc(Cl)c2C=O)cc1. The minimum absolute atomic E-state index is 0.0150. The van der Waals surface area contributed by atoms with Crippen molar-refractivity contribution in [2.75, 3.05) is 11.8 Å². The van der Waals surface area contributed by atoms with E-state index in [0.29, 0.717) is 12.0 Å². The van der Waals surface area contributed by atoms with E-state index >= 15 is 0 Å². The molecule has 0 aliphatic rings. The third-order valence-electron chi connectivity index (χ3n) is 2.83. The number of methoxy groups -OCH3 is 1. The van der Waals surface area contributed by atoms with Crippen LogP contribution in [0, 0.1) is 0 Å². The van der Waals surface area contributed by atoms with Crippen LogP contribution in [0.1, 0.15) is 10.4 Å². The Morgan fingerprint density at radius 2 is 1.77 bits per heavy atom. The first-order valence-electron chi connectivity index (χ1n) is 5.98. The van der Waals surface area contributed by atoms with E-state index in [0.717, 1.165) is 0 Å². The van der Waals surface area contributed by atoms with Crippen LogP contribution in [-0.4, -0.2) is 21.8 Å². The van der Waals surface area contributed by atoms with Crippen molar-refractivity contribution in [2.24, 2.45) is 0 Å². The van der Waals surface area contributed by atoms with Gasteiger partial charge in [0.25, 0.3) is 10.0 Å². The maximum absolute atomic E-state index is 12.3. The van der Waals surface area contributed by atoms with Gasteiger partial charge in [0.15, 0.2) is 6.29 Å². The zero-order chi connectivity index (χ0) is 16.3. The molecule has 2 aromatic carbocycles. The van der Waals surface area contributed by atoms with Gasteiger partial charge in [0.05, 0.1) is 28.3 Å². The number of anilines is 1. The van der Waals surface area contributed by atoms with Crippen LogP contribution in [0.2, 0.25) is 10.0 Å². The number of rotatable bonds is 5. The highest BCUT2D eigenvalue weighted by atomic mass is 35.5. The third kappa shape index (κ3) is 3.52. The van der Waals surface area contributed by atoms with Crippen LogP contribution < -0.4 is 9.46 Å². The van der Waals surface area contributed by atoms with E-state index in [1.54, 1.807) is 0 Å². The Balaban J connectivity index is 2.42. The van der Waals surface area contributed by atoms with Crippen molar-refractivity contribution < 1.29 is 17.9 Å². The average molecular weight is 360 g/mol. The lowest BCUT2D eigenvalue weighted by atomic mass is 10.2. The van der Waals surface area contributed by atoms with Crippen LogP contribution in [0.25, 0.3) is 0 Å². The van der Waals surface area contributed by atoms with Gasteiger partial charge < -0.3 is 4.74 Å². The van der Waals surface area contributed by atoms with Crippen molar-refractivity contribution in [2.45, 2.75) is 4.90 Å². The molecule has 0 aliphatic carbocycles. The van der Waals surface area contributed by atoms with Gasteiger partial charge in [-0.3, -0.25) is 9.52 Å². The normalized spacial score (nSPS) is 11.0. The van der Waals surface area contributed by atoms with Gasteiger partial charge in [-0.05, 0) is 36.4 Å². The highest BCUT2D eigenvalue weighted by Gasteiger charge is 2.18. The smallest absolute Gasteiger partial charge is 0.261 e. The lowest BCUT2D eigenvalue weighted by molar-refractivity contribution is 0.112. The van der Waals surface area contributed by atoms with Gasteiger partial charge in [0.2, 0.25) is 0 Å². The van der Waals surface area contributed by atoms with Crippen molar-refractivity contribution in [3.63, 3.8) is 0 Å². The van der Waals surface area contributed by atoms with Gasteiger partial charge in [0, 0.05) is 5.02 Å². The minimum atomic E-state index is -3.89. The number of carbonyl (C=O) groups is 1. The summed E-state index contributed by atoms with van der Waals surface area (Å²) >= 11 is 11.7. The highest BCUT2D eigenvalue weighted by molar-refractivity contribution is 7.92. The van der Waals surface area contributed by atoms with Crippen molar-refractivity contribution in [3.8, 4) is 5.75 Å². The number of carbonyl (C=O) groups excluding carboxylic acids is 1. The van der Waals surface area contributed by atoms with Gasteiger partial charge in [-0.15, -0.1) is 0 Å². The molecule has 0 saturated carbocycles. The zero-order valence-electron chi connectivity index (χ0n) is 11.3. The van der Waals surface area contributed by atoms with Crippen LogP contribution >= 0.6 is 23.2 Å². The number of nitrogens with one attached hydrogen (secondary N) is 1. The number of hydrogen-bond donors (Lipinski definition) is 1. The molecule has 2 aromatic rings.